The Balaban J connectivity index is 2.55. The highest BCUT2D eigenvalue weighted by molar-refractivity contribution is 9.10. The number of rotatable bonds is 1. The predicted octanol–water partition coefficient (Wildman–Crippen LogP) is 2.08. The lowest BCUT2D eigenvalue weighted by atomic mass is 9.98. The van der Waals surface area contributed by atoms with E-state index in [9.17, 15) is 9.90 Å². The number of benzene rings is 1. The molecule has 0 bridgehead atoms. The Morgan fingerprint density at radius 2 is 2.12 bits per heavy atom. The number of aliphatic hydroxyl groups excluding tert-OH is 1. The third kappa shape index (κ3) is 1.70. The summed E-state index contributed by atoms with van der Waals surface area (Å²) in [4.78, 5) is 11.8. The smallest absolute Gasteiger partial charge is 0.249 e. The van der Waals surface area contributed by atoms with E-state index in [2.05, 4.69) is 26.6 Å². The van der Waals surface area contributed by atoms with E-state index in [-0.39, 0.29) is 12.5 Å². The van der Waals surface area contributed by atoms with Crippen LogP contribution < -0.4 is 10.6 Å². The van der Waals surface area contributed by atoms with E-state index < -0.39 is 5.54 Å². The number of nitrogens with one attached hydrogen (secondary N) is 2. The lowest BCUT2D eigenvalue weighted by Gasteiger charge is -2.33. The van der Waals surface area contributed by atoms with Gasteiger partial charge < -0.3 is 15.7 Å². The molecular weight excluding hydrogens is 272 g/mol. The number of hydrogen-bond donors (Lipinski definition) is 3. The molecule has 1 aromatic rings. The Hall–Kier alpha value is -1.07. The normalized spacial score (nSPS) is 17.4. The van der Waals surface area contributed by atoms with Crippen molar-refractivity contribution in [3.8, 4) is 0 Å². The minimum absolute atomic E-state index is 0.104. The average Bonchev–Trinajstić information content (AvgIpc) is 2.21. The highest BCUT2D eigenvalue weighted by atomic mass is 79.9. The fourth-order valence-corrected chi connectivity index (χ4v) is 2.14. The Morgan fingerprint density at radius 1 is 1.44 bits per heavy atom. The molecule has 0 spiro atoms. The van der Waals surface area contributed by atoms with Crippen molar-refractivity contribution in [2.24, 2.45) is 0 Å². The first-order valence-corrected chi connectivity index (χ1v) is 5.77. The fourth-order valence-electron chi connectivity index (χ4n) is 1.69. The summed E-state index contributed by atoms with van der Waals surface area (Å²) in [7, 11) is 0. The van der Waals surface area contributed by atoms with E-state index in [0.717, 1.165) is 10.2 Å². The molecule has 1 aliphatic heterocycles. The van der Waals surface area contributed by atoms with Gasteiger partial charge in [0.15, 0.2) is 0 Å². The lowest BCUT2D eigenvalue weighted by molar-refractivity contribution is -0.119. The summed E-state index contributed by atoms with van der Waals surface area (Å²) in [5.41, 5.74) is 1.54. The van der Waals surface area contributed by atoms with E-state index >= 15 is 0 Å². The van der Waals surface area contributed by atoms with Crippen LogP contribution in [0.3, 0.4) is 0 Å². The zero-order valence-electron chi connectivity index (χ0n) is 9.10. The molecule has 0 radical (unpaired) electrons. The maximum absolute atomic E-state index is 11.8. The third-order valence-electron chi connectivity index (χ3n) is 2.67. The van der Waals surface area contributed by atoms with Crippen LogP contribution in [-0.2, 0) is 11.4 Å². The SMILES string of the molecule is CC1(C)Nc2ccc(Br)c(CO)c2NC1=O. The monoisotopic (exact) mass is 284 g/mol. The first kappa shape index (κ1) is 11.4. The molecule has 0 saturated carbocycles. The van der Waals surface area contributed by atoms with Crippen molar-refractivity contribution < 1.29 is 9.90 Å². The van der Waals surface area contributed by atoms with Gasteiger partial charge in [-0.15, -0.1) is 0 Å². The molecule has 16 heavy (non-hydrogen) atoms. The summed E-state index contributed by atoms with van der Waals surface area (Å²) in [6.45, 7) is 3.50. The van der Waals surface area contributed by atoms with Crippen molar-refractivity contribution in [3.63, 3.8) is 0 Å². The topological polar surface area (TPSA) is 61.4 Å². The van der Waals surface area contributed by atoms with Crippen LogP contribution in [0.1, 0.15) is 19.4 Å². The zero-order valence-corrected chi connectivity index (χ0v) is 10.7. The van der Waals surface area contributed by atoms with Crippen LogP contribution in [0, 0.1) is 0 Å². The second kappa shape index (κ2) is 3.75. The molecule has 0 saturated heterocycles. The standard InChI is InChI=1S/C11H13BrN2O2/c1-11(2)10(16)13-9-6(5-15)7(12)3-4-8(9)14-11/h3-4,14-15H,5H2,1-2H3,(H,13,16). The van der Waals surface area contributed by atoms with Gasteiger partial charge in [-0.05, 0) is 26.0 Å². The third-order valence-corrected chi connectivity index (χ3v) is 3.41. The number of carbonyl (C=O) groups is 1. The molecule has 1 heterocycles. The number of amides is 1. The van der Waals surface area contributed by atoms with Gasteiger partial charge in [-0.3, -0.25) is 4.79 Å². The van der Waals surface area contributed by atoms with E-state index in [0.29, 0.717) is 11.3 Å². The van der Waals surface area contributed by atoms with Crippen LogP contribution in [0.4, 0.5) is 11.4 Å². The predicted molar refractivity (Wildman–Crippen MR) is 66.4 cm³/mol. The Morgan fingerprint density at radius 3 is 2.75 bits per heavy atom. The van der Waals surface area contributed by atoms with Gasteiger partial charge in [0.05, 0.1) is 18.0 Å². The van der Waals surface area contributed by atoms with Crippen molar-refractivity contribution in [1.82, 2.24) is 0 Å². The van der Waals surface area contributed by atoms with Gasteiger partial charge in [-0.25, -0.2) is 0 Å². The highest BCUT2D eigenvalue weighted by Crippen LogP contribution is 2.37. The zero-order chi connectivity index (χ0) is 11.9. The molecule has 1 amide bonds. The maximum atomic E-state index is 11.8. The van der Waals surface area contributed by atoms with Crippen molar-refractivity contribution in [2.75, 3.05) is 10.6 Å². The molecule has 4 nitrogen and oxygen atoms in total. The first-order valence-electron chi connectivity index (χ1n) is 4.97. The molecule has 0 atom stereocenters. The van der Waals surface area contributed by atoms with Crippen molar-refractivity contribution in [2.45, 2.75) is 26.0 Å². The molecule has 86 valence electrons. The van der Waals surface area contributed by atoms with Gasteiger partial charge in [-0.1, -0.05) is 15.9 Å². The molecule has 0 unspecified atom stereocenters. The Labute approximate surface area is 102 Å². The van der Waals surface area contributed by atoms with Gasteiger partial charge in [0.25, 0.3) is 0 Å². The number of fused-ring (bicyclic) bond motifs is 1. The van der Waals surface area contributed by atoms with Crippen molar-refractivity contribution >= 4 is 33.2 Å². The minimum atomic E-state index is -0.631. The van der Waals surface area contributed by atoms with Crippen molar-refractivity contribution in [1.29, 1.82) is 0 Å². The van der Waals surface area contributed by atoms with E-state index in [1.807, 2.05) is 26.0 Å². The van der Waals surface area contributed by atoms with Crippen LogP contribution in [-0.4, -0.2) is 16.6 Å². The highest BCUT2D eigenvalue weighted by Gasteiger charge is 2.33. The fraction of sp³-hybridized carbons (Fsp3) is 0.364. The number of carbonyl (C=O) groups excluding carboxylic acids is 1. The summed E-state index contributed by atoms with van der Waals surface area (Å²) in [6, 6.07) is 3.73. The van der Waals surface area contributed by atoms with Crippen LogP contribution in [0.25, 0.3) is 0 Å². The van der Waals surface area contributed by atoms with E-state index in [1.165, 1.54) is 0 Å². The first-order chi connectivity index (χ1) is 7.45. The maximum Gasteiger partial charge on any atom is 0.249 e. The molecule has 2 rings (SSSR count). The van der Waals surface area contributed by atoms with Gasteiger partial charge in [0.1, 0.15) is 5.54 Å². The molecule has 5 heteroatoms. The second-order valence-electron chi connectivity index (χ2n) is 4.31. The lowest BCUT2D eigenvalue weighted by Crippen LogP contribution is -2.47. The summed E-state index contributed by atoms with van der Waals surface area (Å²) in [5.74, 6) is -0.104. The largest absolute Gasteiger partial charge is 0.392 e. The molecule has 0 aliphatic carbocycles. The molecular formula is C11H13BrN2O2. The van der Waals surface area contributed by atoms with Crippen molar-refractivity contribution in [3.05, 3.63) is 22.2 Å². The Kier molecular flexibility index (Phi) is 2.67. The quantitative estimate of drug-likeness (QED) is 0.740. The Bertz CT molecular complexity index is 458. The second-order valence-corrected chi connectivity index (χ2v) is 5.17. The molecule has 1 aromatic carbocycles. The van der Waals surface area contributed by atoms with Crippen LogP contribution >= 0.6 is 15.9 Å². The van der Waals surface area contributed by atoms with E-state index in [4.69, 9.17) is 0 Å². The molecule has 0 fully saturated rings. The van der Waals surface area contributed by atoms with Gasteiger partial charge >= 0.3 is 0 Å². The molecule has 1 aliphatic rings. The number of halogens is 1. The summed E-state index contributed by atoms with van der Waals surface area (Å²) >= 11 is 3.34. The summed E-state index contributed by atoms with van der Waals surface area (Å²) in [5, 5.41) is 15.2. The number of anilines is 2. The van der Waals surface area contributed by atoms with Gasteiger partial charge in [-0.2, -0.15) is 0 Å². The van der Waals surface area contributed by atoms with Gasteiger partial charge in [0.2, 0.25) is 5.91 Å². The van der Waals surface area contributed by atoms with E-state index in [1.54, 1.807) is 0 Å². The summed E-state index contributed by atoms with van der Waals surface area (Å²) in [6.07, 6.45) is 0. The van der Waals surface area contributed by atoms with Crippen LogP contribution in [0.5, 0.6) is 0 Å². The van der Waals surface area contributed by atoms with Crippen LogP contribution in [0.2, 0.25) is 0 Å². The molecule has 0 aromatic heterocycles. The summed E-state index contributed by atoms with van der Waals surface area (Å²) < 4.78 is 0.788. The minimum Gasteiger partial charge on any atom is -0.392 e. The van der Waals surface area contributed by atoms with Crippen LogP contribution in [0.15, 0.2) is 16.6 Å². The molecule has 3 N–H and O–H groups in total. The number of hydrogen-bond acceptors (Lipinski definition) is 3. The number of aliphatic hydroxyl groups is 1. The van der Waals surface area contributed by atoms with Gasteiger partial charge in [0, 0.05) is 10.0 Å². The average molecular weight is 285 g/mol.